The van der Waals surface area contributed by atoms with E-state index in [4.69, 9.17) is 20.6 Å². The third kappa shape index (κ3) is 7.34. The zero-order valence-corrected chi connectivity index (χ0v) is 25.0. The lowest BCUT2D eigenvalue weighted by Gasteiger charge is -2.36. The number of terminal acetylenes is 1. The third-order valence-corrected chi connectivity index (χ3v) is 7.90. The fraction of sp³-hybridized carbons (Fsp3) is 0.412. The second-order valence-corrected chi connectivity index (χ2v) is 10.6. The van der Waals surface area contributed by atoms with Gasteiger partial charge in [0.1, 0.15) is 17.6 Å². The summed E-state index contributed by atoms with van der Waals surface area (Å²) in [6.07, 6.45) is 15.2. The first-order chi connectivity index (χ1) is 20.4. The van der Waals surface area contributed by atoms with Gasteiger partial charge >= 0.3 is 0 Å². The maximum Gasteiger partial charge on any atom is 0.219 e. The largest absolute Gasteiger partial charge is 0.495 e. The van der Waals surface area contributed by atoms with Gasteiger partial charge in [-0.15, -0.1) is 6.42 Å². The minimum Gasteiger partial charge on any atom is -0.495 e. The molecule has 8 heteroatoms. The molecule has 3 aliphatic rings. The van der Waals surface area contributed by atoms with Crippen LogP contribution in [0.4, 0.5) is 5.69 Å². The van der Waals surface area contributed by atoms with Gasteiger partial charge in [-0.25, -0.2) is 0 Å². The summed E-state index contributed by atoms with van der Waals surface area (Å²) in [4.78, 5) is 20.3. The van der Waals surface area contributed by atoms with Crippen LogP contribution >= 0.6 is 0 Å². The van der Waals surface area contributed by atoms with Crippen molar-refractivity contribution >= 4 is 24.0 Å². The van der Waals surface area contributed by atoms with Crippen molar-refractivity contribution in [1.29, 1.82) is 0 Å². The molecule has 42 heavy (non-hydrogen) atoms. The number of methoxy groups -OCH3 is 1. The molecule has 1 unspecified atom stereocenters. The molecule has 2 fully saturated rings. The molecule has 3 aliphatic heterocycles. The molecule has 1 N–H and O–H groups in total. The number of hydrogen-bond donors (Lipinski definition) is 1. The number of amides is 1. The highest BCUT2D eigenvalue weighted by molar-refractivity contribution is 5.76. The maximum absolute atomic E-state index is 11.7. The molecular weight excluding hydrogens is 528 g/mol. The molecule has 8 nitrogen and oxygen atoms in total. The first-order valence-corrected chi connectivity index (χ1v) is 14.5. The fourth-order valence-electron chi connectivity index (χ4n) is 5.44. The molecular formula is C34H42N4O4. The van der Waals surface area contributed by atoms with Crippen LogP contribution in [0.15, 0.2) is 76.7 Å². The van der Waals surface area contributed by atoms with Gasteiger partial charge in [0.25, 0.3) is 0 Å². The molecule has 2 saturated heterocycles. The van der Waals surface area contributed by atoms with Gasteiger partial charge < -0.3 is 29.3 Å². The number of carbonyl (C=O) groups is 1. The lowest BCUT2D eigenvalue weighted by Crippen LogP contribution is -2.48. The zero-order valence-electron chi connectivity index (χ0n) is 25.0. The Balaban J connectivity index is 1.52. The normalized spacial score (nSPS) is 20.2. The van der Waals surface area contributed by atoms with Gasteiger partial charge in [-0.05, 0) is 42.7 Å². The molecule has 1 aromatic rings. The Hall–Kier alpha value is -4.22. The second kappa shape index (κ2) is 14.6. The van der Waals surface area contributed by atoms with Crippen molar-refractivity contribution in [3.63, 3.8) is 0 Å². The summed E-state index contributed by atoms with van der Waals surface area (Å²) in [5.41, 5.74) is 5.62. The number of allylic oxidation sites excluding steroid dienone is 4. The van der Waals surface area contributed by atoms with Crippen LogP contribution in [0.3, 0.4) is 0 Å². The average molecular weight is 571 g/mol. The van der Waals surface area contributed by atoms with Crippen molar-refractivity contribution in [3.05, 3.63) is 77.2 Å². The third-order valence-electron chi connectivity index (χ3n) is 7.90. The predicted octanol–water partition coefficient (Wildman–Crippen LogP) is 4.72. The quantitative estimate of drug-likeness (QED) is 0.190. The van der Waals surface area contributed by atoms with Crippen LogP contribution in [-0.4, -0.2) is 76.7 Å². The van der Waals surface area contributed by atoms with E-state index in [1.165, 1.54) is 0 Å². The van der Waals surface area contributed by atoms with E-state index >= 15 is 0 Å². The van der Waals surface area contributed by atoms with Crippen molar-refractivity contribution in [2.75, 3.05) is 57.9 Å². The molecule has 1 atom stereocenters. The SMILES string of the molecule is C#C/C(C=C)=C(/C=C\C(C)/C(N=C)=C1\C=C(c2ccc(N3CCN(C(C)=O)CC3)c(OC)c2)NC1)OC1CCOCC1. The number of aliphatic imine (C=N–C) groups is 1. The summed E-state index contributed by atoms with van der Waals surface area (Å²) >= 11 is 0. The Kier molecular flexibility index (Phi) is 10.7. The highest BCUT2D eigenvalue weighted by Gasteiger charge is 2.23. The molecule has 0 saturated carbocycles. The highest BCUT2D eigenvalue weighted by Crippen LogP contribution is 2.34. The molecule has 0 spiro atoms. The Bertz CT molecular complexity index is 1340. The summed E-state index contributed by atoms with van der Waals surface area (Å²) in [5, 5.41) is 3.51. The van der Waals surface area contributed by atoms with Gasteiger partial charge in [0.05, 0.1) is 37.3 Å². The molecule has 0 aliphatic carbocycles. The summed E-state index contributed by atoms with van der Waals surface area (Å²) < 4.78 is 17.5. The van der Waals surface area contributed by atoms with Crippen LogP contribution in [0.1, 0.15) is 32.3 Å². The van der Waals surface area contributed by atoms with Crippen LogP contribution in [0.5, 0.6) is 5.75 Å². The Morgan fingerprint density at radius 1 is 1.26 bits per heavy atom. The number of piperazine rings is 1. The van der Waals surface area contributed by atoms with Crippen LogP contribution < -0.4 is 15.0 Å². The minimum atomic E-state index is -0.0300. The number of hydrogen-bond acceptors (Lipinski definition) is 7. The van der Waals surface area contributed by atoms with Gasteiger partial charge in [0, 0.05) is 69.7 Å². The summed E-state index contributed by atoms with van der Waals surface area (Å²) in [6, 6.07) is 6.25. The van der Waals surface area contributed by atoms with Crippen molar-refractivity contribution in [3.8, 4) is 18.1 Å². The number of nitrogens with one attached hydrogen (secondary N) is 1. The van der Waals surface area contributed by atoms with E-state index in [0.717, 1.165) is 59.9 Å². The standard InChI is InChI=1S/C34H42N4O4/c1-7-26(8-2)32(42-29-13-19-41-20-14-29)12-9-24(3)34(35-5)28-21-30(36-23-28)27-10-11-31(33(22-27)40-6)38-17-15-37(16-18-38)25(4)39/h1,8-12,21-22,24,29,36H,2,5,13-20,23H2,3-4,6H3/b12-9-,32-26+,34-28-. The number of nitrogens with zero attached hydrogens (tertiary/aromatic N) is 3. The van der Waals surface area contributed by atoms with Crippen LogP contribution in [0.2, 0.25) is 0 Å². The van der Waals surface area contributed by atoms with Gasteiger partial charge in [-0.2, -0.15) is 0 Å². The average Bonchev–Trinajstić information content (AvgIpc) is 3.50. The van der Waals surface area contributed by atoms with E-state index < -0.39 is 0 Å². The second-order valence-electron chi connectivity index (χ2n) is 10.6. The van der Waals surface area contributed by atoms with Crippen molar-refractivity contribution in [2.24, 2.45) is 10.9 Å². The topological polar surface area (TPSA) is 75.6 Å². The van der Waals surface area contributed by atoms with E-state index in [1.807, 2.05) is 17.1 Å². The Morgan fingerprint density at radius 3 is 2.62 bits per heavy atom. The number of anilines is 1. The number of ether oxygens (including phenoxy) is 3. The summed E-state index contributed by atoms with van der Waals surface area (Å²) in [6.45, 7) is 16.4. The van der Waals surface area contributed by atoms with Gasteiger partial charge in [0.2, 0.25) is 5.91 Å². The first kappa shape index (κ1) is 30.7. The smallest absolute Gasteiger partial charge is 0.219 e. The molecule has 0 bridgehead atoms. The molecule has 1 aromatic carbocycles. The number of benzene rings is 1. The van der Waals surface area contributed by atoms with E-state index in [-0.39, 0.29) is 17.9 Å². The highest BCUT2D eigenvalue weighted by atomic mass is 16.5. The Labute approximate surface area is 250 Å². The number of rotatable bonds is 10. The van der Waals surface area contributed by atoms with Crippen molar-refractivity contribution < 1.29 is 19.0 Å². The van der Waals surface area contributed by atoms with Gasteiger partial charge in [0.15, 0.2) is 0 Å². The van der Waals surface area contributed by atoms with Gasteiger partial charge in [-0.3, -0.25) is 9.79 Å². The van der Waals surface area contributed by atoms with Crippen LogP contribution in [0.25, 0.3) is 5.70 Å². The minimum absolute atomic E-state index is 0.0300. The molecule has 222 valence electrons. The van der Waals surface area contributed by atoms with Crippen LogP contribution in [0, 0.1) is 18.3 Å². The van der Waals surface area contributed by atoms with E-state index in [2.05, 4.69) is 65.6 Å². The molecule has 0 aromatic heterocycles. The van der Waals surface area contributed by atoms with Crippen molar-refractivity contribution in [2.45, 2.75) is 32.8 Å². The van der Waals surface area contributed by atoms with Gasteiger partial charge in [-0.1, -0.05) is 31.6 Å². The monoisotopic (exact) mass is 570 g/mol. The fourth-order valence-corrected chi connectivity index (χ4v) is 5.44. The first-order valence-electron chi connectivity index (χ1n) is 14.5. The van der Waals surface area contributed by atoms with Crippen LogP contribution in [-0.2, 0) is 14.3 Å². The lowest BCUT2D eigenvalue weighted by atomic mass is 10.0. The number of carbonyl (C=O) groups excluding carboxylic acids is 1. The summed E-state index contributed by atoms with van der Waals surface area (Å²) in [5.74, 6) is 4.21. The van der Waals surface area contributed by atoms with E-state index in [0.29, 0.717) is 44.2 Å². The van der Waals surface area contributed by atoms with Crippen molar-refractivity contribution in [1.82, 2.24) is 10.2 Å². The molecule has 4 rings (SSSR count). The van der Waals surface area contributed by atoms with E-state index in [1.54, 1.807) is 20.1 Å². The lowest BCUT2D eigenvalue weighted by molar-refractivity contribution is -0.129. The molecule has 3 heterocycles. The zero-order chi connectivity index (χ0) is 30.1. The van der Waals surface area contributed by atoms with E-state index in [9.17, 15) is 4.79 Å². The predicted molar refractivity (Wildman–Crippen MR) is 169 cm³/mol. The molecule has 0 radical (unpaired) electrons. The maximum atomic E-state index is 11.7. The Morgan fingerprint density at radius 2 is 2.00 bits per heavy atom. The summed E-state index contributed by atoms with van der Waals surface area (Å²) in [7, 11) is 1.69. The molecule has 1 amide bonds.